The van der Waals surface area contributed by atoms with E-state index in [1.807, 2.05) is 7.11 Å². The number of nitrogens with one attached hydrogen (secondary N) is 1. The first-order valence-electron chi connectivity index (χ1n) is 8.69. The second-order valence-electron chi connectivity index (χ2n) is 6.96. The van der Waals surface area contributed by atoms with E-state index in [-0.39, 0.29) is 0 Å². The molecule has 2 nitrogen and oxygen atoms in total. The van der Waals surface area contributed by atoms with Gasteiger partial charge in [0.1, 0.15) is 5.75 Å². The molecule has 21 heavy (non-hydrogen) atoms. The van der Waals surface area contributed by atoms with Crippen molar-refractivity contribution in [2.75, 3.05) is 13.7 Å². The summed E-state index contributed by atoms with van der Waals surface area (Å²) < 4.78 is 5.65. The number of benzene rings is 1. The molecule has 1 atom stereocenters. The molecule has 1 aromatic carbocycles. The fraction of sp³-hybridized carbons (Fsp3) is 0.684. The van der Waals surface area contributed by atoms with Crippen molar-refractivity contribution in [3.05, 3.63) is 29.3 Å². The van der Waals surface area contributed by atoms with Crippen molar-refractivity contribution in [3.8, 4) is 5.75 Å². The summed E-state index contributed by atoms with van der Waals surface area (Å²) in [5, 5.41) is 3.67. The van der Waals surface area contributed by atoms with Crippen LogP contribution in [0.2, 0.25) is 0 Å². The van der Waals surface area contributed by atoms with E-state index in [0.29, 0.717) is 12.0 Å². The average Bonchev–Trinajstić information content (AvgIpc) is 2.56. The lowest BCUT2D eigenvalue weighted by atomic mass is 9.78. The van der Waals surface area contributed by atoms with Gasteiger partial charge in [0.15, 0.2) is 0 Å². The second kappa shape index (κ2) is 6.83. The van der Waals surface area contributed by atoms with Crippen LogP contribution < -0.4 is 10.1 Å². The Balaban J connectivity index is 1.82. The van der Waals surface area contributed by atoms with E-state index in [9.17, 15) is 0 Å². The molecule has 1 saturated carbocycles. The Morgan fingerprint density at radius 3 is 2.52 bits per heavy atom. The Bertz CT molecular complexity index is 457. The summed E-state index contributed by atoms with van der Waals surface area (Å²) in [4.78, 5) is 0. The second-order valence-corrected chi connectivity index (χ2v) is 6.96. The third-order valence-electron chi connectivity index (χ3n) is 5.42. The zero-order valence-electron chi connectivity index (χ0n) is 13.5. The Morgan fingerprint density at radius 1 is 1.05 bits per heavy atom. The van der Waals surface area contributed by atoms with Crippen LogP contribution in [0.15, 0.2) is 18.2 Å². The molecule has 1 N–H and O–H groups in total. The minimum absolute atomic E-state index is 0.547. The van der Waals surface area contributed by atoms with E-state index in [1.165, 1.54) is 56.1 Å². The van der Waals surface area contributed by atoms with E-state index in [2.05, 4.69) is 30.4 Å². The summed E-state index contributed by atoms with van der Waals surface area (Å²) in [5.41, 5.74) is 2.92. The van der Waals surface area contributed by atoms with Crippen LogP contribution in [-0.4, -0.2) is 13.7 Å². The van der Waals surface area contributed by atoms with E-state index in [1.54, 1.807) is 0 Å². The molecule has 1 aliphatic heterocycles. The molecular formula is C19H29NO. The maximum absolute atomic E-state index is 5.65. The SMILES string of the molecule is COc1ccc(C2CCCCN2)cc1C1CCC(C)CC1. The largest absolute Gasteiger partial charge is 0.496 e. The quantitative estimate of drug-likeness (QED) is 0.862. The summed E-state index contributed by atoms with van der Waals surface area (Å²) in [6, 6.07) is 7.43. The number of ether oxygens (including phenoxy) is 1. The molecule has 1 heterocycles. The molecule has 2 heteroatoms. The van der Waals surface area contributed by atoms with E-state index in [0.717, 1.165) is 18.2 Å². The van der Waals surface area contributed by atoms with Gasteiger partial charge < -0.3 is 10.1 Å². The summed E-state index contributed by atoms with van der Waals surface area (Å²) in [6.45, 7) is 3.54. The number of hydrogen-bond donors (Lipinski definition) is 1. The highest BCUT2D eigenvalue weighted by atomic mass is 16.5. The van der Waals surface area contributed by atoms with Crippen LogP contribution in [0.3, 0.4) is 0 Å². The average molecular weight is 287 g/mol. The van der Waals surface area contributed by atoms with Crippen LogP contribution in [-0.2, 0) is 0 Å². The predicted octanol–water partition coefficient (Wildman–Crippen LogP) is 4.80. The minimum atomic E-state index is 0.547. The molecule has 3 rings (SSSR count). The van der Waals surface area contributed by atoms with E-state index < -0.39 is 0 Å². The highest BCUT2D eigenvalue weighted by Crippen LogP contribution is 2.40. The summed E-state index contributed by atoms with van der Waals surface area (Å²) in [6.07, 6.45) is 9.30. The molecule has 1 unspecified atom stereocenters. The fourth-order valence-corrected chi connectivity index (χ4v) is 4.00. The first kappa shape index (κ1) is 14.9. The van der Waals surface area contributed by atoms with Crippen molar-refractivity contribution >= 4 is 0 Å². The molecule has 0 aromatic heterocycles. The number of piperidine rings is 1. The lowest BCUT2D eigenvalue weighted by Crippen LogP contribution is -2.27. The van der Waals surface area contributed by atoms with E-state index in [4.69, 9.17) is 4.74 Å². The highest BCUT2D eigenvalue weighted by Gasteiger charge is 2.24. The van der Waals surface area contributed by atoms with Crippen molar-refractivity contribution in [2.24, 2.45) is 5.92 Å². The number of methoxy groups -OCH3 is 1. The molecule has 1 saturated heterocycles. The first-order chi connectivity index (χ1) is 10.3. The normalized spacial score (nSPS) is 30.1. The van der Waals surface area contributed by atoms with Crippen LogP contribution in [0.1, 0.15) is 75.0 Å². The molecule has 1 aliphatic carbocycles. The molecule has 2 fully saturated rings. The van der Waals surface area contributed by atoms with Gasteiger partial charge in [-0.15, -0.1) is 0 Å². The van der Waals surface area contributed by atoms with Crippen molar-refractivity contribution in [3.63, 3.8) is 0 Å². The lowest BCUT2D eigenvalue weighted by Gasteiger charge is -2.29. The Hall–Kier alpha value is -1.02. The maximum Gasteiger partial charge on any atom is 0.122 e. The maximum atomic E-state index is 5.65. The zero-order valence-corrected chi connectivity index (χ0v) is 13.5. The Labute approximate surface area is 129 Å². The lowest BCUT2D eigenvalue weighted by molar-refractivity contribution is 0.335. The van der Waals surface area contributed by atoms with Gasteiger partial charge >= 0.3 is 0 Å². The Kier molecular flexibility index (Phi) is 4.84. The van der Waals surface area contributed by atoms with Gasteiger partial charge in [-0.05, 0) is 61.3 Å². The van der Waals surface area contributed by atoms with Crippen molar-refractivity contribution in [1.29, 1.82) is 0 Å². The van der Waals surface area contributed by atoms with Crippen molar-refractivity contribution in [1.82, 2.24) is 5.32 Å². The molecule has 0 spiro atoms. The molecule has 2 aliphatic rings. The van der Waals surface area contributed by atoms with Crippen LogP contribution in [0.5, 0.6) is 5.75 Å². The molecular weight excluding hydrogens is 258 g/mol. The summed E-state index contributed by atoms with van der Waals surface area (Å²) in [5.74, 6) is 2.68. The van der Waals surface area contributed by atoms with Crippen LogP contribution in [0.4, 0.5) is 0 Å². The Morgan fingerprint density at radius 2 is 1.86 bits per heavy atom. The van der Waals surface area contributed by atoms with Crippen molar-refractivity contribution < 1.29 is 4.74 Å². The fourth-order valence-electron chi connectivity index (χ4n) is 4.00. The monoisotopic (exact) mass is 287 g/mol. The summed E-state index contributed by atoms with van der Waals surface area (Å²) >= 11 is 0. The number of rotatable bonds is 3. The molecule has 0 radical (unpaired) electrons. The van der Waals surface area contributed by atoms with Crippen LogP contribution in [0, 0.1) is 5.92 Å². The standard InChI is InChI=1S/C19H29NO/c1-14-6-8-15(9-7-14)17-13-16(10-11-19(17)21-2)18-5-3-4-12-20-18/h10-11,13-15,18,20H,3-9,12H2,1-2H3. The number of hydrogen-bond acceptors (Lipinski definition) is 2. The van der Waals surface area contributed by atoms with Gasteiger partial charge in [-0.1, -0.05) is 38.3 Å². The third kappa shape index (κ3) is 3.42. The van der Waals surface area contributed by atoms with Crippen LogP contribution >= 0.6 is 0 Å². The third-order valence-corrected chi connectivity index (χ3v) is 5.42. The zero-order chi connectivity index (χ0) is 14.7. The van der Waals surface area contributed by atoms with E-state index >= 15 is 0 Å². The van der Waals surface area contributed by atoms with Gasteiger partial charge in [0.25, 0.3) is 0 Å². The summed E-state index contributed by atoms with van der Waals surface area (Å²) in [7, 11) is 1.81. The molecule has 1 aromatic rings. The molecule has 0 amide bonds. The van der Waals surface area contributed by atoms with Gasteiger partial charge in [-0.2, -0.15) is 0 Å². The first-order valence-corrected chi connectivity index (χ1v) is 8.69. The molecule has 0 bridgehead atoms. The van der Waals surface area contributed by atoms with Gasteiger partial charge in [0.05, 0.1) is 7.11 Å². The smallest absolute Gasteiger partial charge is 0.122 e. The van der Waals surface area contributed by atoms with Crippen LogP contribution in [0.25, 0.3) is 0 Å². The highest BCUT2D eigenvalue weighted by molar-refractivity contribution is 5.41. The van der Waals surface area contributed by atoms with Gasteiger partial charge in [0, 0.05) is 6.04 Å². The minimum Gasteiger partial charge on any atom is -0.496 e. The predicted molar refractivity (Wildman–Crippen MR) is 88.0 cm³/mol. The van der Waals surface area contributed by atoms with Gasteiger partial charge in [-0.25, -0.2) is 0 Å². The molecule has 116 valence electrons. The van der Waals surface area contributed by atoms with Crippen molar-refractivity contribution in [2.45, 2.75) is 63.8 Å². The van der Waals surface area contributed by atoms with Gasteiger partial charge in [0.2, 0.25) is 0 Å². The topological polar surface area (TPSA) is 21.3 Å². The van der Waals surface area contributed by atoms with Gasteiger partial charge in [-0.3, -0.25) is 0 Å².